The van der Waals surface area contributed by atoms with Crippen molar-refractivity contribution in [1.82, 2.24) is 10.6 Å². The number of ether oxygens (including phenoxy) is 2. The number of rotatable bonds is 14. The summed E-state index contributed by atoms with van der Waals surface area (Å²) < 4.78 is 38.5. The largest absolute Gasteiger partial charge is 0.489 e. The van der Waals surface area contributed by atoms with E-state index in [0.717, 1.165) is 36.8 Å². The van der Waals surface area contributed by atoms with Crippen LogP contribution in [0.5, 0.6) is 11.5 Å². The highest BCUT2D eigenvalue weighted by molar-refractivity contribution is 6.03. The zero-order valence-electron chi connectivity index (χ0n) is 21.8. The van der Waals surface area contributed by atoms with E-state index in [2.05, 4.69) is 10.6 Å². The van der Waals surface area contributed by atoms with Crippen molar-refractivity contribution in [2.24, 2.45) is 0 Å². The maximum Gasteiger partial charge on any atom is 0.255 e. The molecule has 2 N–H and O–H groups in total. The van der Waals surface area contributed by atoms with Crippen molar-refractivity contribution in [3.63, 3.8) is 0 Å². The first-order chi connectivity index (χ1) is 18.4. The van der Waals surface area contributed by atoms with Crippen LogP contribution in [0.2, 0.25) is 0 Å². The summed E-state index contributed by atoms with van der Waals surface area (Å²) in [4.78, 5) is 26.4. The predicted octanol–water partition coefficient (Wildman–Crippen LogP) is 6.18. The van der Waals surface area contributed by atoms with Gasteiger partial charge < -0.3 is 20.1 Å². The number of hydrogen-bond acceptors (Lipinski definition) is 4. The van der Waals surface area contributed by atoms with E-state index in [4.69, 9.17) is 9.47 Å². The Kier molecular flexibility index (Phi) is 11.1. The predicted molar refractivity (Wildman–Crippen MR) is 142 cm³/mol. The fraction of sp³-hybridized carbons (Fsp3) is 0.333. The van der Waals surface area contributed by atoms with Crippen molar-refractivity contribution < 1.29 is 27.8 Å². The summed E-state index contributed by atoms with van der Waals surface area (Å²) in [7, 11) is 0. The van der Waals surface area contributed by atoms with E-state index in [-0.39, 0.29) is 47.3 Å². The molecule has 2 amide bonds. The second kappa shape index (κ2) is 14.7. The highest BCUT2D eigenvalue weighted by Crippen LogP contribution is 2.36. The van der Waals surface area contributed by atoms with Crippen molar-refractivity contribution in [3.8, 4) is 11.5 Å². The second-order valence-electron chi connectivity index (χ2n) is 8.84. The summed E-state index contributed by atoms with van der Waals surface area (Å²) in [5.41, 5.74) is 1.96. The minimum absolute atomic E-state index is 0.194. The van der Waals surface area contributed by atoms with Gasteiger partial charge in [0.2, 0.25) is 0 Å². The smallest absolute Gasteiger partial charge is 0.255 e. The van der Waals surface area contributed by atoms with Crippen molar-refractivity contribution in [3.05, 3.63) is 94.6 Å². The summed E-state index contributed by atoms with van der Waals surface area (Å²) in [6.45, 7) is 5.13. The average molecular weight is 525 g/mol. The van der Waals surface area contributed by atoms with Gasteiger partial charge in [0.1, 0.15) is 11.6 Å². The maximum atomic E-state index is 13.2. The van der Waals surface area contributed by atoms with Crippen molar-refractivity contribution in [2.75, 3.05) is 13.2 Å². The highest BCUT2D eigenvalue weighted by atomic mass is 19.1. The molecular weight excluding hydrogens is 490 g/mol. The molecule has 0 unspecified atom stereocenters. The Morgan fingerprint density at radius 2 is 1.00 bits per heavy atom. The van der Waals surface area contributed by atoms with Crippen LogP contribution >= 0.6 is 0 Å². The summed E-state index contributed by atoms with van der Waals surface area (Å²) in [5.74, 6) is -1.09. The summed E-state index contributed by atoms with van der Waals surface area (Å²) in [5, 5.41) is 5.66. The van der Waals surface area contributed by atoms with Crippen molar-refractivity contribution >= 4 is 11.8 Å². The Morgan fingerprint density at radius 3 is 1.34 bits per heavy atom. The van der Waals surface area contributed by atoms with Crippen LogP contribution in [0.15, 0.2) is 60.7 Å². The van der Waals surface area contributed by atoms with E-state index in [1.165, 1.54) is 24.3 Å². The van der Waals surface area contributed by atoms with Crippen LogP contribution in [-0.2, 0) is 13.1 Å². The van der Waals surface area contributed by atoms with Crippen LogP contribution < -0.4 is 20.1 Å². The molecule has 6 nitrogen and oxygen atoms in total. The lowest BCUT2D eigenvalue weighted by molar-refractivity contribution is 0.0930. The molecule has 3 aromatic rings. The molecule has 0 saturated heterocycles. The number of benzene rings is 3. The highest BCUT2D eigenvalue weighted by Gasteiger charge is 2.24. The van der Waals surface area contributed by atoms with E-state index < -0.39 is 11.8 Å². The van der Waals surface area contributed by atoms with Crippen LogP contribution in [0.25, 0.3) is 0 Å². The van der Waals surface area contributed by atoms with Gasteiger partial charge in [0.15, 0.2) is 11.5 Å². The van der Waals surface area contributed by atoms with E-state index in [1.54, 1.807) is 36.4 Å². The Morgan fingerprint density at radius 1 is 0.632 bits per heavy atom. The first-order valence-electron chi connectivity index (χ1n) is 12.9. The minimum Gasteiger partial charge on any atom is -0.489 e. The first-order valence-corrected chi connectivity index (χ1v) is 12.9. The zero-order valence-corrected chi connectivity index (χ0v) is 21.8. The molecular formula is C30H34F2N2O4. The Bertz CT molecular complexity index is 1100. The standard InChI is InChI=1S/C30H34F2N2O4/c1-3-5-17-37-27-25(29(35)33-19-21-7-11-23(31)12-8-21)15-16-26(28(27)38-18-6-4-2)30(36)34-20-22-9-13-24(32)14-10-22/h7-16H,3-6,17-20H2,1-2H3,(H,33,35)(H,34,36). The monoisotopic (exact) mass is 524 g/mol. The normalized spacial score (nSPS) is 10.6. The summed E-state index contributed by atoms with van der Waals surface area (Å²) in [6.07, 6.45) is 3.28. The third-order valence-electron chi connectivity index (χ3n) is 5.82. The molecule has 0 fully saturated rings. The molecule has 0 saturated carbocycles. The van der Waals surface area contributed by atoms with Gasteiger partial charge in [-0.25, -0.2) is 8.78 Å². The number of nitrogens with one attached hydrogen (secondary N) is 2. The number of unbranched alkanes of at least 4 members (excludes halogenated alkanes) is 2. The molecule has 0 aliphatic carbocycles. The molecule has 0 aliphatic heterocycles. The number of carbonyl (C=O) groups excluding carboxylic acids is 2. The third-order valence-corrected chi connectivity index (χ3v) is 5.82. The van der Waals surface area contributed by atoms with Gasteiger partial charge in [0.05, 0.1) is 24.3 Å². The van der Waals surface area contributed by atoms with Gasteiger partial charge >= 0.3 is 0 Å². The molecule has 0 atom stereocenters. The number of carbonyl (C=O) groups is 2. The van der Waals surface area contributed by atoms with Gasteiger partial charge in [-0.1, -0.05) is 51.0 Å². The van der Waals surface area contributed by atoms with Crippen LogP contribution in [0.1, 0.15) is 71.4 Å². The van der Waals surface area contributed by atoms with Crippen LogP contribution in [-0.4, -0.2) is 25.0 Å². The molecule has 0 aliphatic rings. The molecule has 0 spiro atoms. The lowest BCUT2D eigenvalue weighted by atomic mass is 10.1. The summed E-state index contributed by atoms with van der Waals surface area (Å²) in [6, 6.07) is 14.8. The van der Waals surface area contributed by atoms with E-state index in [0.29, 0.717) is 13.2 Å². The average Bonchev–Trinajstić information content (AvgIpc) is 2.92. The maximum absolute atomic E-state index is 13.2. The van der Waals surface area contributed by atoms with Gasteiger partial charge in [0, 0.05) is 13.1 Å². The van der Waals surface area contributed by atoms with E-state index in [1.807, 2.05) is 13.8 Å². The van der Waals surface area contributed by atoms with Crippen LogP contribution in [0.3, 0.4) is 0 Å². The fourth-order valence-corrected chi connectivity index (χ4v) is 3.60. The SMILES string of the molecule is CCCCOc1c(C(=O)NCc2ccc(F)cc2)ccc(C(=O)NCc2ccc(F)cc2)c1OCCCC. The van der Waals surface area contributed by atoms with Crippen LogP contribution in [0, 0.1) is 11.6 Å². The molecule has 0 radical (unpaired) electrons. The lowest BCUT2D eigenvalue weighted by Crippen LogP contribution is -2.26. The topological polar surface area (TPSA) is 76.7 Å². The number of hydrogen-bond donors (Lipinski definition) is 2. The molecule has 8 heteroatoms. The first kappa shape index (κ1) is 28.6. The minimum atomic E-state index is -0.403. The summed E-state index contributed by atoms with van der Waals surface area (Å²) >= 11 is 0. The molecule has 38 heavy (non-hydrogen) atoms. The number of amides is 2. The molecule has 202 valence electrons. The molecule has 0 bridgehead atoms. The Balaban J connectivity index is 1.88. The van der Waals surface area contributed by atoms with Crippen molar-refractivity contribution in [2.45, 2.75) is 52.6 Å². The molecule has 0 heterocycles. The second-order valence-corrected chi connectivity index (χ2v) is 8.84. The molecule has 3 aromatic carbocycles. The fourth-order valence-electron chi connectivity index (χ4n) is 3.60. The van der Waals surface area contributed by atoms with Gasteiger partial charge in [-0.2, -0.15) is 0 Å². The van der Waals surface area contributed by atoms with Gasteiger partial charge in [-0.15, -0.1) is 0 Å². The van der Waals surface area contributed by atoms with Gasteiger partial charge in [-0.3, -0.25) is 9.59 Å². The van der Waals surface area contributed by atoms with E-state index in [9.17, 15) is 18.4 Å². The van der Waals surface area contributed by atoms with Crippen molar-refractivity contribution in [1.29, 1.82) is 0 Å². The molecule has 3 rings (SSSR count). The third kappa shape index (κ3) is 8.30. The quantitative estimate of drug-likeness (QED) is 0.247. The van der Waals surface area contributed by atoms with E-state index >= 15 is 0 Å². The van der Waals surface area contributed by atoms with Gasteiger partial charge in [-0.05, 0) is 60.4 Å². The zero-order chi connectivity index (χ0) is 27.3. The molecule has 0 aromatic heterocycles. The number of halogens is 2. The van der Waals surface area contributed by atoms with Gasteiger partial charge in [0.25, 0.3) is 11.8 Å². The van der Waals surface area contributed by atoms with Crippen LogP contribution in [0.4, 0.5) is 8.78 Å². The Hall–Kier alpha value is -3.94. The lowest BCUT2D eigenvalue weighted by Gasteiger charge is -2.19. The Labute approximate surface area is 222 Å².